The lowest BCUT2D eigenvalue weighted by atomic mass is 9.71. The average molecular weight is 240 g/mol. The Morgan fingerprint density at radius 1 is 1.47 bits per heavy atom. The maximum atomic E-state index is 10.6. The molecule has 1 aliphatic rings. The van der Waals surface area contributed by atoms with E-state index < -0.39 is 5.97 Å². The van der Waals surface area contributed by atoms with E-state index in [-0.39, 0.29) is 6.10 Å². The van der Waals surface area contributed by atoms with E-state index in [9.17, 15) is 4.79 Å². The molecule has 0 aromatic rings. The third kappa shape index (κ3) is 4.90. The van der Waals surface area contributed by atoms with Gasteiger partial charge in [0.15, 0.2) is 0 Å². The Morgan fingerprint density at radius 3 is 2.65 bits per heavy atom. The minimum atomic E-state index is -0.869. The minimum Gasteiger partial charge on any atom is -0.478 e. The molecule has 3 nitrogen and oxygen atoms in total. The lowest BCUT2D eigenvalue weighted by Crippen LogP contribution is -2.32. The fourth-order valence-electron chi connectivity index (χ4n) is 2.78. The van der Waals surface area contributed by atoms with Gasteiger partial charge in [-0.3, -0.25) is 0 Å². The molecule has 0 radical (unpaired) electrons. The van der Waals surface area contributed by atoms with Gasteiger partial charge < -0.3 is 9.84 Å². The van der Waals surface area contributed by atoms with Gasteiger partial charge >= 0.3 is 5.97 Å². The third-order valence-electron chi connectivity index (χ3n) is 3.41. The molecule has 1 rings (SSSR count). The highest BCUT2D eigenvalue weighted by Crippen LogP contribution is 2.39. The van der Waals surface area contributed by atoms with Gasteiger partial charge in [-0.15, -0.1) is 0 Å². The van der Waals surface area contributed by atoms with Gasteiger partial charge in [0.1, 0.15) is 0 Å². The highest BCUT2D eigenvalue weighted by atomic mass is 16.5. The summed E-state index contributed by atoms with van der Waals surface area (Å²) in [5.74, 6) is -0.181. The lowest BCUT2D eigenvalue weighted by molar-refractivity contribution is -0.132. The standard InChI is InChI=1S/C14H24O3/c1-10-7-12(9-14(3,4)8-10)17-6-5-11(2)13(15)16/h5,10,12H,6-9H2,1-4H3,(H,15,16). The van der Waals surface area contributed by atoms with Crippen LogP contribution in [0, 0.1) is 11.3 Å². The van der Waals surface area contributed by atoms with Crippen molar-refractivity contribution in [2.75, 3.05) is 6.61 Å². The van der Waals surface area contributed by atoms with Crippen LogP contribution in [0.4, 0.5) is 0 Å². The van der Waals surface area contributed by atoms with Crippen LogP contribution in [0.3, 0.4) is 0 Å². The van der Waals surface area contributed by atoms with Crippen LogP contribution >= 0.6 is 0 Å². The molecule has 1 N–H and O–H groups in total. The third-order valence-corrected chi connectivity index (χ3v) is 3.41. The van der Waals surface area contributed by atoms with Crippen LogP contribution in [-0.2, 0) is 9.53 Å². The zero-order valence-corrected chi connectivity index (χ0v) is 11.3. The molecule has 0 saturated heterocycles. The number of rotatable bonds is 4. The zero-order chi connectivity index (χ0) is 13.1. The lowest BCUT2D eigenvalue weighted by Gasteiger charge is -2.38. The van der Waals surface area contributed by atoms with Crippen LogP contribution in [0.15, 0.2) is 11.6 Å². The molecule has 1 saturated carbocycles. The summed E-state index contributed by atoms with van der Waals surface area (Å²) in [6, 6.07) is 0. The van der Waals surface area contributed by atoms with Crippen molar-refractivity contribution in [3.8, 4) is 0 Å². The summed E-state index contributed by atoms with van der Waals surface area (Å²) >= 11 is 0. The van der Waals surface area contributed by atoms with Crippen LogP contribution in [0.1, 0.15) is 47.0 Å². The number of aliphatic carboxylic acids is 1. The molecule has 0 spiro atoms. The van der Waals surface area contributed by atoms with Crippen LogP contribution in [-0.4, -0.2) is 23.8 Å². The summed E-state index contributed by atoms with van der Waals surface area (Å²) in [4.78, 5) is 10.6. The van der Waals surface area contributed by atoms with Gasteiger partial charge in [0, 0.05) is 5.57 Å². The van der Waals surface area contributed by atoms with Crippen molar-refractivity contribution in [2.24, 2.45) is 11.3 Å². The van der Waals surface area contributed by atoms with E-state index in [1.165, 1.54) is 6.42 Å². The van der Waals surface area contributed by atoms with Gasteiger partial charge in [-0.05, 0) is 43.6 Å². The molecule has 1 fully saturated rings. The first kappa shape index (κ1) is 14.2. The second-order valence-electron chi connectivity index (χ2n) is 6.06. The van der Waals surface area contributed by atoms with Crippen molar-refractivity contribution in [2.45, 2.75) is 53.1 Å². The van der Waals surface area contributed by atoms with Gasteiger partial charge in [0.25, 0.3) is 0 Å². The van der Waals surface area contributed by atoms with Crippen molar-refractivity contribution in [3.05, 3.63) is 11.6 Å². The molecule has 2 atom stereocenters. The van der Waals surface area contributed by atoms with E-state index in [1.807, 2.05) is 0 Å². The molecule has 1 aliphatic carbocycles. The SMILES string of the molecule is CC(=CCOC1CC(C)CC(C)(C)C1)C(=O)O. The minimum absolute atomic E-state index is 0.270. The largest absolute Gasteiger partial charge is 0.478 e. The van der Waals surface area contributed by atoms with Crippen molar-refractivity contribution in [3.63, 3.8) is 0 Å². The van der Waals surface area contributed by atoms with E-state index in [2.05, 4.69) is 20.8 Å². The molecule has 0 amide bonds. The molecule has 0 aliphatic heterocycles. The van der Waals surface area contributed by atoms with E-state index in [4.69, 9.17) is 9.84 Å². The highest BCUT2D eigenvalue weighted by molar-refractivity contribution is 5.85. The summed E-state index contributed by atoms with van der Waals surface area (Å²) in [5, 5.41) is 8.72. The number of hydrogen-bond acceptors (Lipinski definition) is 2. The van der Waals surface area contributed by atoms with Crippen LogP contribution in [0.2, 0.25) is 0 Å². The van der Waals surface area contributed by atoms with E-state index in [0.717, 1.165) is 12.8 Å². The first-order valence-electron chi connectivity index (χ1n) is 6.32. The molecule has 0 aromatic carbocycles. The average Bonchev–Trinajstić information content (AvgIpc) is 2.13. The molecule has 0 heterocycles. The highest BCUT2D eigenvalue weighted by Gasteiger charge is 2.32. The summed E-state index contributed by atoms with van der Waals surface area (Å²) in [7, 11) is 0. The number of carboxylic acid groups (broad SMARTS) is 1. The Kier molecular flexibility index (Phi) is 4.75. The summed E-state index contributed by atoms with van der Waals surface area (Å²) < 4.78 is 5.77. The van der Waals surface area contributed by atoms with Gasteiger partial charge in [-0.2, -0.15) is 0 Å². The molecule has 98 valence electrons. The van der Waals surface area contributed by atoms with Crippen molar-refractivity contribution in [1.82, 2.24) is 0 Å². The molecule has 0 bridgehead atoms. The molecule has 17 heavy (non-hydrogen) atoms. The van der Waals surface area contributed by atoms with Crippen LogP contribution < -0.4 is 0 Å². The maximum Gasteiger partial charge on any atom is 0.331 e. The quantitative estimate of drug-likeness (QED) is 0.767. The summed E-state index contributed by atoms with van der Waals surface area (Å²) in [5.41, 5.74) is 0.696. The van der Waals surface area contributed by atoms with Crippen molar-refractivity contribution >= 4 is 5.97 Å². The van der Waals surface area contributed by atoms with Crippen LogP contribution in [0.5, 0.6) is 0 Å². The van der Waals surface area contributed by atoms with Crippen LogP contribution in [0.25, 0.3) is 0 Å². The Hall–Kier alpha value is -0.830. The van der Waals surface area contributed by atoms with Gasteiger partial charge in [0.05, 0.1) is 12.7 Å². The number of carbonyl (C=O) groups is 1. The summed E-state index contributed by atoms with van der Waals surface area (Å²) in [6.45, 7) is 8.81. The van der Waals surface area contributed by atoms with Gasteiger partial charge in [-0.25, -0.2) is 4.79 Å². The maximum absolute atomic E-state index is 10.6. The second-order valence-corrected chi connectivity index (χ2v) is 6.06. The predicted molar refractivity (Wildman–Crippen MR) is 67.9 cm³/mol. The number of carboxylic acids is 1. The Morgan fingerprint density at radius 2 is 2.12 bits per heavy atom. The smallest absolute Gasteiger partial charge is 0.331 e. The Balaban J connectivity index is 2.42. The second kappa shape index (κ2) is 5.67. The van der Waals surface area contributed by atoms with Crippen molar-refractivity contribution in [1.29, 1.82) is 0 Å². The topological polar surface area (TPSA) is 46.5 Å². The molecular formula is C14H24O3. The fourth-order valence-corrected chi connectivity index (χ4v) is 2.78. The predicted octanol–water partition coefficient (Wildman–Crippen LogP) is 3.25. The monoisotopic (exact) mass is 240 g/mol. The fraction of sp³-hybridized carbons (Fsp3) is 0.786. The number of hydrogen-bond donors (Lipinski definition) is 1. The van der Waals surface area contributed by atoms with Gasteiger partial charge in [-0.1, -0.05) is 20.8 Å². The van der Waals surface area contributed by atoms with Gasteiger partial charge in [0.2, 0.25) is 0 Å². The van der Waals surface area contributed by atoms with E-state index >= 15 is 0 Å². The van der Waals surface area contributed by atoms with E-state index in [1.54, 1.807) is 13.0 Å². The molecule has 0 aromatic heterocycles. The molecule has 3 heteroatoms. The summed E-state index contributed by atoms with van der Waals surface area (Å²) in [6.07, 6.45) is 5.32. The first-order valence-corrected chi connectivity index (χ1v) is 6.32. The molecular weight excluding hydrogens is 216 g/mol. The first-order chi connectivity index (χ1) is 7.80. The Bertz CT molecular complexity index is 305. The zero-order valence-electron chi connectivity index (χ0n) is 11.3. The van der Waals surface area contributed by atoms with E-state index in [0.29, 0.717) is 23.5 Å². The molecule has 2 unspecified atom stereocenters. The normalized spacial score (nSPS) is 29.1. The Labute approximate surface area is 104 Å². The van der Waals surface area contributed by atoms with Crippen molar-refractivity contribution < 1.29 is 14.6 Å². The number of ether oxygens (including phenoxy) is 1.